The number of hydrogen-bond donors (Lipinski definition) is 3. The van der Waals surface area contributed by atoms with Gasteiger partial charge in [-0.3, -0.25) is 0 Å². The maximum absolute atomic E-state index is 5.97. The van der Waals surface area contributed by atoms with Gasteiger partial charge in [-0.25, -0.2) is 9.97 Å². The van der Waals surface area contributed by atoms with Gasteiger partial charge in [0.05, 0.1) is 11.6 Å². The molecule has 134 valence electrons. The summed E-state index contributed by atoms with van der Waals surface area (Å²) in [4.78, 5) is 12.5. The van der Waals surface area contributed by atoms with Crippen molar-refractivity contribution >= 4 is 22.4 Å². The molecule has 0 bridgehead atoms. The number of nitrogens with one attached hydrogen (secondary N) is 2. The number of nitrogens with two attached hydrogens (primary N) is 1. The first-order valence-electron chi connectivity index (χ1n) is 9.28. The molecule has 0 saturated heterocycles. The molecule has 2 aromatic carbocycles. The summed E-state index contributed by atoms with van der Waals surface area (Å²) in [5, 5.41) is 4.75. The molecule has 0 aliphatic heterocycles. The Morgan fingerprint density at radius 1 is 1.15 bits per heavy atom. The van der Waals surface area contributed by atoms with Gasteiger partial charge < -0.3 is 16.0 Å². The molecule has 5 rings (SSSR count). The third kappa shape index (κ3) is 3.01. The van der Waals surface area contributed by atoms with Gasteiger partial charge >= 0.3 is 0 Å². The number of anilines is 2. The van der Waals surface area contributed by atoms with Crippen LogP contribution in [0.1, 0.15) is 35.0 Å². The highest BCUT2D eigenvalue weighted by Gasteiger charge is 2.23. The highest BCUT2D eigenvalue weighted by Crippen LogP contribution is 2.35. The fraction of sp³-hybridized carbons (Fsp3) is 0.182. The molecule has 0 radical (unpaired) electrons. The van der Waals surface area contributed by atoms with Crippen molar-refractivity contribution < 1.29 is 0 Å². The van der Waals surface area contributed by atoms with E-state index < -0.39 is 0 Å². The molecule has 2 aromatic heterocycles. The quantitative estimate of drug-likeness (QED) is 0.479. The number of nitrogen functional groups attached to an aromatic ring is 1. The van der Waals surface area contributed by atoms with Crippen LogP contribution in [0.4, 0.5) is 11.5 Å². The first kappa shape index (κ1) is 15.9. The topological polar surface area (TPSA) is 79.6 Å². The summed E-state index contributed by atoms with van der Waals surface area (Å²) in [6.07, 6.45) is 6.51. The molecule has 5 nitrogen and oxygen atoms in total. The average molecular weight is 355 g/mol. The van der Waals surface area contributed by atoms with E-state index in [0.717, 1.165) is 46.6 Å². The molecule has 0 fully saturated rings. The Balaban J connectivity index is 1.56. The third-order valence-electron chi connectivity index (χ3n) is 5.27. The van der Waals surface area contributed by atoms with Crippen LogP contribution in [0, 0.1) is 0 Å². The maximum atomic E-state index is 5.97. The van der Waals surface area contributed by atoms with E-state index in [2.05, 4.69) is 45.6 Å². The number of fused-ring (bicyclic) bond motifs is 2. The van der Waals surface area contributed by atoms with Crippen LogP contribution >= 0.6 is 0 Å². The molecule has 1 atom stereocenters. The van der Waals surface area contributed by atoms with E-state index in [4.69, 9.17) is 10.7 Å². The molecule has 0 unspecified atom stereocenters. The first-order valence-corrected chi connectivity index (χ1v) is 9.28. The van der Waals surface area contributed by atoms with Crippen LogP contribution < -0.4 is 11.1 Å². The van der Waals surface area contributed by atoms with Crippen molar-refractivity contribution in [3.8, 4) is 0 Å². The lowest BCUT2D eigenvalue weighted by Gasteiger charge is -2.18. The second-order valence-corrected chi connectivity index (χ2v) is 7.10. The van der Waals surface area contributed by atoms with Gasteiger partial charge in [0.15, 0.2) is 0 Å². The number of aromatic amines is 1. The van der Waals surface area contributed by atoms with Crippen molar-refractivity contribution in [1.82, 2.24) is 15.0 Å². The monoisotopic (exact) mass is 355 g/mol. The van der Waals surface area contributed by atoms with Crippen LogP contribution in [0.3, 0.4) is 0 Å². The van der Waals surface area contributed by atoms with Crippen molar-refractivity contribution in [2.45, 2.75) is 25.3 Å². The number of hydrogen-bond acceptors (Lipinski definition) is 4. The van der Waals surface area contributed by atoms with E-state index in [9.17, 15) is 0 Å². The zero-order valence-electron chi connectivity index (χ0n) is 14.9. The molecule has 0 amide bonds. The van der Waals surface area contributed by atoms with Crippen molar-refractivity contribution in [2.75, 3.05) is 11.1 Å². The molecule has 1 aliphatic carbocycles. The van der Waals surface area contributed by atoms with Gasteiger partial charge in [-0.15, -0.1) is 0 Å². The van der Waals surface area contributed by atoms with E-state index in [1.807, 2.05) is 24.4 Å². The molecule has 2 heterocycles. The number of imidazole rings is 1. The minimum atomic E-state index is 0.287. The summed E-state index contributed by atoms with van der Waals surface area (Å²) in [6.45, 7) is 0. The van der Waals surface area contributed by atoms with Crippen molar-refractivity contribution in [3.05, 3.63) is 83.4 Å². The zero-order valence-corrected chi connectivity index (χ0v) is 14.9. The summed E-state index contributed by atoms with van der Waals surface area (Å²) < 4.78 is 0. The summed E-state index contributed by atoms with van der Waals surface area (Å²) in [7, 11) is 0. The lowest BCUT2D eigenvalue weighted by molar-refractivity contribution is 0.755. The van der Waals surface area contributed by atoms with Gasteiger partial charge in [0.1, 0.15) is 11.6 Å². The predicted octanol–water partition coefficient (Wildman–Crippen LogP) is 4.23. The average Bonchev–Trinajstić information content (AvgIpc) is 3.33. The van der Waals surface area contributed by atoms with Crippen LogP contribution in [0.2, 0.25) is 0 Å². The molecule has 4 N–H and O–H groups in total. The molecule has 5 heteroatoms. The molecular formula is C22H21N5. The molecule has 1 aliphatic rings. The summed E-state index contributed by atoms with van der Waals surface area (Å²) in [5.74, 6) is 1.85. The van der Waals surface area contributed by atoms with Crippen LogP contribution in [0.15, 0.2) is 60.9 Å². The minimum absolute atomic E-state index is 0.287. The summed E-state index contributed by atoms with van der Waals surface area (Å²) >= 11 is 0. The Morgan fingerprint density at radius 3 is 2.96 bits per heavy atom. The molecule has 4 aromatic rings. The van der Waals surface area contributed by atoms with Gasteiger partial charge in [-0.1, -0.05) is 24.3 Å². The van der Waals surface area contributed by atoms with Crippen LogP contribution in [-0.4, -0.2) is 15.0 Å². The van der Waals surface area contributed by atoms with Crippen molar-refractivity contribution in [3.63, 3.8) is 0 Å². The van der Waals surface area contributed by atoms with Crippen LogP contribution in [0.5, 0.6) is 0 Å². The Hall–Kier alpha value is -3.34. The Kier molecular flexibility index (Phi) is 3.78. The number of aromatic nitrogens is 3. The van der Waals surface area contributed by atoms with E-state index in [0.29, 0.717) is 6.42 Å². The standard InChI is InChI=1S/C22H21N5/c23-17-6-8-19-15(12-17)11-16(13-21-24-9-10-25-21)22(26-19)27-20-7-5-14-3-1-2-4-18(14)20/h1-4,6,8-12,20H,5,7,13,23H2,(H,24,25)(H,26,27)/t20-/m1/s1. The largest absolute Gasteiger partial charge is 0.399 e. The fourth-order valence-electron chi connectivity index (χ4n) is 3.95. The van der Waals surface area contributed by atoms with E-state index >= 15 is 0 Å². The maximum Gasteiger partial charge on any atom is 0.130 e. The highest BCUT2D eigenvalue weighted by atomic mass is 15.0. The molecule has 0 spiro atoms. The Labute approximate surface area is 157 Å². The Bertz CT molecular complexity index is 1100. The molecule has 0 saturated carbocycles. The highest BCUT2D eigenvalue weighted by molar-refractivity contribution is 5.84. The van der Waals surface area contributed by atoms with Gasteiger partial charge in [0.25, 0.3) is 0 Å². The summed E-state index contributed by atoms with van der Waals surface area (Å²) in [6, 6.07) is 17.0. The smallest absolute Gasteiger partial charge is 0.130 e. The lowest BCUT2D eigenvalue weighted by atomic mass is 10.1. The van der Waals surface area contributed by atoms with Crippen molar-refractivity contribution in [2.24, 2.45) is 0 Å². The van der Waals surface area contributed by atoms with Crippen LogP contribution in [0.25, 0.3) is 10.9 Å². The first-order chi connectivity index (χ1) is 13.3. The third-order valence-corrected chi connectivity index (χ3v) is 5.27. The number of benzene rings is 2. The predicted molar refractivity (Wildman–Crippen MR) is 109 cm³/mol. The van der Waals surface area contributed by atoms with E-state index in [1.54, 1.807) is 6.20 Å². The number of H-pyrrole nitrogens is 1. The van der Waals surface area contributed by atoms with E-state index in [-0.39, 0.29) is 6.04 Å². The summed E-state index contributed by atoms with van der Waals surface area (Å²) in [5.41, 5.74) is 11.6. The molecule has 27 heavy (non-hydrogen) atoms. The van der Waals surface area contributed by atoms with Crippen LogP contribution in [-0.2, 0) is 12.8 Å². The van der Waals surface area contributed by atoms with Crippen molar-refractivity contribution in [1.29, 1.82) is 0 Å². The minimum Gasteiger partial charge on any atom is -0.399 e. The second-order valence-electron chi connectivity index (χ2n) is 7.10. The second kappa shape index (κ2) is 6.43. The number of aryl methyl sites for hydroxylation is 1. The van der Waals surface area contributed by atoms with E-state index in [1.165, 1.54) is 11.1 Å². The van der Waals surface area contributed by atoms with Gasteiger partial charge in [-0.2, -0.15) is 0 Å². The normalized spacial score (nSPS) is 15.8. The van der Waals surface area contributed by atoms with Gasteiger partial charge in [0, 0.05) is 35.5 Å². The fourth-order valence-corrected chi connectivity index (χ4v) is 3.95. The number of nitrogens with zero attached hydrogens (tertiary/aromatic N) is 2. The Morgan fingerprint density at radius 2 is 2.07 bits per heavy atom. The van der Waals surface area contributed by atoms with Gasteiger partial charge in [-0.05, 0) is 48.2 Å². The number of pyridine rings is 1. The molecular weight excluding hydrogens is 334 g/mol. The SMILES string of the molecule is Nc1ccc2nc(N[C@@H]3CCc4ccccc43)c(Cc3ncc[nH]3)cc2c1. The lowest BCUT2D eigenvalue weighted by Crippen LogP contribution is -2.11. The number of rotatable bonds is 4. The van der Waals surface area contributed by atoms with Gasteiger partial charge in [0.2, 0.25) is 0 Å². The zero-order chi connectivity index (χ0) is 18.2.